The average molecular weight is 370 g/mol. The molecule has 11 nitrogen and oxygen atoms in total. The van der Waals surface area contributed by atoms with Gasteiger partial charge >= 0.3 is 0 Å². The molecule has 0 spiro atoms. The number of benzene rings is 1. The van der Waals surface area contributed by atoms with E-state index in [0.717, 1.165) is 13.1 Å². The minimum absolute atomic E-state index is 0.0675. The average Bonchev–Trinajstić information content (AvgIpc) is 3.39. The number of nitrogens with one attached hydrogen (secondary N) is 1. The molecular formula is C16H18N8O3. The summed E-state index contributed by atoms with van der Waals surface area (Å²) in [5, 5.41) is 21.7. The Kier molecular flexibility index (Phi) is 4.50. The lowest BCUT2D eigenvalue weighted by molar-refractivity contribution is -0.384. The van der Waals surface area contributed by atoms with Gasteiger partial charge in [0.1, 0.15) is 12.0 Å². The summed E-state index contributed by atoms with van der Waals surface area (Å²) in [4.78, 5) is 23.6. The van der Waals surface area contributed by atoms with Crippen LogP contribution in [-0.4, -0.2) is 61.3 Å². The third kappa shape index (κ3) is 3.36. The van der Waals surface area contributed by atoms with Crippen LogP contribution in [0.3, 0.4) is 0 Å². The van der Waals surface area contributed by atoms with Gasteiger partial charge in [-0.15, -0.1) is 0 Å². The molecule has 3 heterocycles. The fraction of sp³-hybridized carbons (Fsp3) is 0.375. The normalized spacial score (nSPS) is 16.4. The summed E-state index contributed by atoms with van der Waals surface area (Å²) < 4.78 is 5.37. The van der Waals surface area contributed by atoms with Gasteiger partial charge in [0, 0.05) is 32.2 Å². The summed E-state index contributed by atoms with van der Waals surface area (Å²) in [6.45, 7) is 4.81. The van der Waals surface area contributed by atoms with Crippen molar-refractivity contribution in [3.8, 4) is 11.6 Å². The Morgan fingerprint density at radius 1 is 1.26 bits per heavy atom. The fourth-order valence-corrected chi connectivity index (χ4v) is 3.21. The van der Waals surface area contributed by atoms with E-state index in [9.17, 15) is 10.1 Å². The third-order valence-corrected chi connectivity index (χ3v) is 4.71. The second kappa shape index (κ2) is 7.11. The van der Waals surface area contributed by atoms with Crippen LogP contribution in [0.5, 0.6) is 0 Å². The van der Waals surface area contributed by atoms with Gasteiger partial charge in [0.25, 0.3) is 5.69 Å². The molecule has 2 aromatic heterocycles. The van der Waals surface area contributed by atoms with E-state index < -0.39 is 0 Å². The molecule has 0 saturated carbocycles. The maximum absolute atomic E-state index is 11.3. The van der Waals surface area contributed by atoms with Crippen molar-refractivity contribution in [2.45, 2.75) is 13.0 Å². The zero-order chi connectivity index (χ0) is 18.8. The van der Waals surface area contributed by atoms with Crippen molar-refractivity contribution in [1.82, 2.24) is 30.2 Å². The maximum Gasteiger partial charge on any atom is 0.292 e. The van der Waals surface area contributed by atoms with Crippen LogP contribution in [0.25, 0.3) is 11.6 Å². The summed E-state index contributed by atoms with van der Waals surface area (Å²) in [6, 6.07) is 6.76. The van der Waals surface area contributed by atoms with E-state index in [-0.39, 0.29) is 16.7 Å². The van der Waals surface area contributed by atoms with Gasteiger partial charge in [0.2, 0.25) is 11.7 Å². The van der Waals surface area contributed by atoms with Gasteiger partial charge in [-0.05, 0) is 13.0 Å². The van der Waals surface area contributed by atoms with Crippen LogP contribution in [0.1, 0.15) is 18.9 Å². The van der Waals surface area contributed by atoms with E-state index in [1.165, 1.54) is 12.4 Å². The van der Waals surface area contributed by atoms with E-state index in [1.54, 1.807) is 12.1 Å². The molecule has 3 aromatic rings. The number of rotatable bonds is 5. The molecule has 1 unspecified atom stereocenters. The Morgan fingerprint density at radius 2 is 2.04 bits per heavy atom. The number of aromatic nitrogens is 5. The van der Waals surface area contributed by atoms with Crippen LogP contribution in [0.15, 0.2) is 35.1 Å². The number of H-pyrrole nitrogens is 1. The van der Waals surface area contributed by atoms with Gasteiger partial charge < -0.3 is 9.42 Å². The zero-order valence-electron chi connectivity index (χ0n) is 14.6. The lowest BCUT2D eigenvalue weighted by Gasteiger charge is -2.37. The number of hydrogen-bond donors (Lipinski definition) is 1. The lowest BCUT2D eigenvalue weighted by Crippen LogP contribution is -2.47. The quantitative estimate of drug-likeness (QED) is 0.526. The first-order valence-electron chi connectivity index (χ1n) is 8.55. The SMILES string of the molecule is CC(c1nc(-c2ncn[nH]2)no1)N1CCN(c2ccccc2[N+](=O)[O-])CC1. The number of aromatic amines is 1. The molecule has 140 valence electrons. The molecule has 1 aliphatic rings. The number of anilines is 1. The fourth-order valence-electron chi connectivity index (χ4n) is 3.21. The van der Waals surface area contributed by atoms with Crippen molar-refractivity contribution in [2.24, 2.45) is 0 Å². The van der Waals surface area contributed by atoms with Crippen molar-refractivity contribution in [2.75, 3.05) is 31.1 Å². The van der Waals surface area contributed by atoms with Crippen LogP contribution in [0.4, 0.5) is 11.4 Å². The van der Waals surface area contributed by atoms with Crippen LogP contribution in [0, 0.1) is 10.1 Å². The van der Waals surface area contributed by atoms with Crippen LogP contribution >= 0.6 is 0 Å². The van der Waals surface area contributed by atoms with E-state index >= 15 is 0 Å². The maximum atomic E-state index is 11.3. The standard InChI is InChI=1S/C16H18N8O3/c1-11(16-19-15(21-27-16)14-17-10-18-20-14)22-6-8-23(9-7-22)12-4-2-3-5-13(12)24(25)26/h2-5,10-11H,6-9H2,1H3,(H,17,18,20). The topological polar surface area (TPSA) is 130 Å². The molecule has 0 bridgehead atoms. The molecule has 11 heteroatoms. The highest BCUT2D eigenvalue weighted by Crippen LogP contribution is 2.30. The minimum Gasteiger partial charge on any atom is -0.363 e. The van der Waals surface area contributed by atoms with Gasteiger partial charge in [-0.25, -0.2) is 4.98 Å². The van der Waals surface area contributed by atoms with Gasteiger partial charge in [-0.3, -0.25) is 20.1 Å². The third-order valence-electron chi connectivity index (χ3n) is 4.71. The molecule has 0 radical (unpaired) electrons. The molecule has 1 aromatic carbocycles. The van der Waals surface area contributed by atoms with Gasteiger partial charge in [0.15, 0.2) is 5.82 Å². The minimum atomic E-state index is -0.339. The Balaban J connectivity index is 1.43. The largest absolute Gasteiger partial charge is 0.363 e. The smallest absolute Gasteiger partial charge is 0.292 e. The van der Waals surface area contributed by atoms with E-state index in [0.29, 0.717) is 36.3 Å². The Hall–Kier alpha value is -3.34. The number of nitro benzene ring substituents is 1. The Morgan fingerprint density at radius 3 is 2.74 bits per heavy atom. The van der Waals surface area contributed by atoms with Crippen molar-refractivity contribution in [3.63, 3.8) is 0 Å². The molecule has 0 amide bonds. The number of piperazine rings is 1. The molecule has 4 rings (SSSR count). The number of para-hydroxylation sites is 2. The van der Waals surface area contributed by atoms with Crippen LogP contribution in [0.2, 0.25) is 0 Å². The molecule has 1 saturated heterocycles. The number of nitrogens with zero attached hydrogens (tertiary/aromatic N) is 7. The molecule has 1 N–H and O–H groups in total. The molecule has 27 heavy (non-hydrogen) atoms. The Bertz CT molecular complexity index is 917. The summed E-state index contributed by atoms with van der Waals surface area (Å²) >= 11 is 0. The lowest BCUT2D eigenvalue weighted by atomic mass is 10.2. The van der Waals surface area contributed by atoms with Gasteiger partial charge in [0.05, 0.1) is 11.0 Å². The highest BCUT2D eigenvalue weighted by Gasteiger charge is 2.28. The first-order valence-corrected chi connectivity index (χ1v) is 8.55. The predicted octanol–water partition coefficient (Wildman–Crippen LogP) is 1.65. The van der Waals surface area contributed by atoms with Crippen molar-refractivity contribution >= 4 is 11.4 Å². The summed E-state index contributed by atoms with van der Waals surface area (Å²) in [5.41, 5.74) is 0.785. The summed E-state index contributed by atoms with van der Waals surface area (Å²) in [7, 11) is 0. The monoisotopic (exact) mass is 370 g/mol. The second-order valence-corrected chi connectivity index (χ2v) is 6.24. The van der Waals surface area contributed by atoms with E-state index in [4.69, 9.17) is 4.52 Å². The van der Waals surface area contributed by atoms with Crippen molar-refractivity contribution in [3.05, 3.63) is 46.6 Å². The number of nitro groups is 1. The molecular weight excluding hydrogens is 352 g/mol. The van der Waals surface area contributed by atoms with Crippen molar-refractivity contribution in [1.29, 1.82) is 0 Å². The van der Waals surface area contributed by atoms with E-state index in [1.807, 2.05) is 17.9 Å². The number of hydrogen-bond acceptors (Lipinski definition) is 9. The molecule has 1 aliphatic heterocycles. The predicted molar refractivity (Wildman–Crippen MR) is 95.0 cm³/mol. The summed E-state index contributed by atoms with van der Waals surface area (Å²) in [5.74, 6) is 1.33. The zero-order valence-corrected chi connectivity index (χ0v) is 14.6. The Labute approximate surface area is 154 Å². The van der Waals surface area contributed by atoms with E-state index in [2.05, 4.69) is 30.2 Å². The van der Waals surface area contributed by atoms with Crippen LogP contribution in [-0.2, 0) is 0 Å². The van der Waals surface area contributed by atoms with Gasteiger partial charge in [-0.1, -0.05) is 17.3 Å². The second-order valence-electron chi connectivity index (χ2n) is 6.24. The first kappa shape index (κ1) is 17.1. The molecule has 1 atom stereocenters. The van der Waals surface area contributed by atoms with Gasteiger partial charge in [-0.2, -0.15) is 10.1 Å². The first-order chi connectivity index (χ1) is 13.1. The van der Waals surface area contributed by atoms with Crippen LogP contribution < -0.4 is 4.90 Å². The molecule has 0 aliphatic carbocycles. The highest BCUT2D eigenvalue weighted by molar-refractivity contribution is 5.63. The van der Waals surface area contributed by atoms with Crippen molar-refractivity contribution < 1.29 is 9.45 Å². The molecule has 1 fully saturated rings. The summed E-state index contributed by atoms with van der Waals surface area (Å²) in [6.07, 6.45) is 1.39. The highest BCUT2D eigenvalue weighted by atomic mass is 16.6.